The number of nitrogens with zero attached hydrogens (tertiary/aromatic N) is 1. The predicted molar refractivity (Wildman–Crippen MR) is 83.8 cm³/mol. The molecule has 0 fully saturated rings. The second kappa shape index (κ2) is 6.28. The van der Waals surface area contributed by atoms with E-state index in [1.807, 2.05) is 18.2 Å². The first-order chi connectivity index (χ1) is 10.1. The zero-order chi connectivity index (χ0) is 15.4. The van der Waals surface area contributed by atoms with E-state index >= 15 is 0 Å². The number of aldehydes is 1. The standard InChI is InChI=1S/C16H17N3O2/c1-11(21)15-10-19(6-7-20)16-3-2-12(8-14(15)16)13(9-18)4-5-17/h2-5,7-8,10,17H,6,9,18H2,1H3/b13-4+,17-5?. The number of hydrogen-bond donors (Lipinski definition) is 2. The van der Waals surface area contributed by atoms with E-state index in [2.05, 4.69) is 0 Å². The van der Waals surface area contributed by atoms with Crippen molar-refractivity contribution in [2.75, 3.05) is 6.54 Å². The van der Waals surface area contributed by atoms with Gasteiger partial charge in [0.2, 0.25) is 0 Å². The van der Waals surface area contributed by atoms with Crippen LogP contribution < -0.4 is 5.73 Å². The van der Waals surface area contributed by atoms with E-state index in [-0.39, 0.29) is 12.3 Å². The number of allylic oxidation sites excluding steroid dienone is 1. The number of nitrogens with one attached hydrogen (secondary N) is 1. The minimum Gasteiger partial charge on any atom is -0.340 e. The minimum atomic E-state index is -0.0490. The summed E-state index contributed by atoms with van der Waals surface area (Å²) in [4.78, 5) is 22.5. The molecule has 0 unspecified atom stereocenters. The zero-order valence-corrected chi connectivity index (χ0v) is 11.8. The highest BCUT2D eigenvalue weighted by Gasteiger charge is 2.13. The number of rotatable bonds is 6. The third-order valence-corrected chi connectivity index (χ3v) is 3.41. The Labute approximate surface area is 122 Å². The number of benzene rings is 1. The van der Waals surface area contributed by atoms with Gasteiger partial charge in [0.1, 0.15) is 6.29 Å². The van der Waals surface area contributed by atoms with Gasteiger partial charge in [-0.3, -0.25) is 4.79 Å². The van der Waals surface area contributed by atoms with Gasteiger partial charge in [-0.15, -0.1) is 0 Å². The molecule has 108 valence electrons. The lowest BCUT2D eigenvalue weighted by Gasteiger charge is -2.06. The van der Waals surface area contributed by atoms with Crippen molar-refractivity contribution in [1.82, 2.24) is 4.57 Å². The number of carbonyl (C=O) groups is 2. The number of hydrogen-bond acceptors (Lipinski definition) is 4. The summed E-state index contributed by atoms with van der Waals surface area (Å²) in [5.74, 6) is -0.0490. The van der Waals surface area contributed by atoms with Crippen LogP contribution in [0.4, 0.5) is 0 Å². The highest BCUT2D eigenvalue weighted by atomic mass is 16.1. The average molecular weight is 283 g/mol. The smallest absolute Gasteiger partial charge is 0.161 e. The highest BCUT2D eigenvalue weighted by Crippen LogP contribution is 2.26. The summed E-state index contributed by atoms with van der Waals surface area (Å²) in [6.07, 6.45) is 5.33. The maximum Gasteiger partial charge on any atom is 0.161 e. The van der Waals surface area contributed by atoms with Crippen LogP contribution in [0.25, 0.3) is 16.5 Å². The van der Waals surface area contributed by atoms with Crippen LogP contribution in [-0.2, 0) is 11.3 Å². The fraction of sp³-hybridized carbons (Fsp3) is 0.188. The van der Waals surface area contributed by atoms with Gasteiger partial charge in [-0.25, -0.2) is 0 Å². The van der Waals surface area contributed by atoms with Crippen molar-refractivity contribution < 1.29 is 9.59 Å². The molecule has 2 rings (SSSR count). The van der Waals surface area contributed by atoms with Crippen LogP contribution in [-0.4, -0.2) is 29.4 Å². The van der Waals surface area contributed by atoms with E-state index in [9.17, 15) is 9.59 Å². The number of aromatic nitrogens is 1. The van der Waals surface area contributed by atoms with Gasteiger partial charge in [-0.2, -0.15) is 0 Å². The Hall–Kier alpha value is -2.53. The number of ketones is 1. The van der Waals surface area contributed by atoms with Crippen LogP contribution in [0.3, 0.4) is 0 Å². The lowest BCUT2D eigenvalue weighted by Crippen LogP contribution is -2.03. The fourth-order valence-corrected chi connectivity index (χ4v) is 2.39. The van der Waals surface area contributed by atoms with Gasteiger partial charge in [0, 0.05) is 35.4 Å². The Morgan fingerprint density at radius 2 is 2.19 bits per heavy atom. The topological polar surface area (TPSA) is 88.9 Å². The Bertz CT molecular complexity index is 741. The van der Waals surface area contributed by atoms with Crippen LogP contribution in [0.2, 0.25) is 0 Å². The lowest BCUT2D eigenvalue weighted by atomic mass is 10.0. The molecule has 1 heterocycles. The van der Waals surface area contributed by atoms with Gasteiger partial charge in [-0.1, -0.05) is 6.07 Å². The molecule has 3 N–H and O–H groups in total. The van der Waals surface area contributed by atoms with E-state index in [1.165, 1.54) is 13.1 Å². The quantitative estimate of drug-likeness (QED) is 0.483. The van der Waals surface area contributed by atoms with Crippen molar-refractivity contribution >= 4 is 34.8 Å². The molecule has 2 aromatic rings. The van der Waals surface area contributed by atoms with Crippen molar-refractivity contribution in [3.8, 4) is 0 Å². The molecular formula is C16H17N3O2. The minimum absolute atomic E-state index is 0.0490. The second-order valence-electron chi connectivity index (χ2n) is 4.71. The van der Waals surface area contributed by atoms with Crippen LogP contribution in [0.1, 0.15) is 22.8 Å². The summed E-state index contributed by atoms with van der Waals surface area (Å²) in [7, 11) is 0. The number of nitrogens with two attached hydrogens (primary N) is 1. The van der Waals surface area contributed by atoms with E-state index in [0.717, 1.165) is 28.3 Å². The normalized spacial score (nSPS) is 11.6. The largest absolute Gasteiger partial charge is 0.340 e. The summed E-state index contributed by atoms with van der Waals surface area (Å²) in [5.41, 5.74) is 8.81. The molecule has 21 heavy (non-hydrogen) atoms. The van der Waals surface area contributed by atoms with Crippen molar-refractivity contribution in [3.05, 3.63) is 41.6 Å². The zero-order valence-electron chi connectivity index (χ0n) is 11.8. The summed E-state index contributed by atoms with van der Waals surface area (Å²) < 4.78 is 1.76. The van der Waals surface area contributed by atoms with Gasteiger partial charge >= 0.3 is 0 Å². The molecule has 0 amide bonds. The van der Waals surface area contributed by atoms with Crippen LogP contribution in [0, 0.1) is 5.41 Å². The van der Waals surface area contributed by atoms with Crippen LogP contribution >= 0.6 is 0 Å². The Morgan fingerprint density at radius 3 is 2.76 bits per heavy atom. The van der Waals surface area contributed by atoms with E-state index < -0.39 is 0 Å². The Morgan fingerprint density at radius 1 is 1.43 bits per heavy atom. The number of fused-ring (bicyclic) bond motifs is 1. The van der Waals surface area contributed by atoms with Crippen LogP contribution in [0.15, 0.2) is 30.5 Å². The van der Waals surface area contributed by atoms with E-state index in [1.54, 1.807) is 16.8 Å². The maximum absolute atomic E-state index is 11.8. The summed E-state index contributed by atoms with van der Waals surface area (Å²) in [5, 5.41) is 7.96. The first kappa shape index (κ1) is 14.9. The van der Waals surface area contributed by atoms with Gasteiger partial charge in [0.05, 0.1) is 6.54 Å². The molecule has 0 aliphatic carbocycles. The molecule has 0 spiro atoms. The molecule has 0 atom stereocenters. The van der Waals surface area contributed by atoms with Crippen molar-refractivity contribution in [3.63, 3.8) is 0 Å². The molecule has 1 aromatic heterocycles. The van der Waals surface area contributed by atoms with Gasteiger partial charge in [-0.05, 0) is 36.3 Å². The van der Waals surface area contributed by atoms with Crippen molar-refractivity contribution in [2.45, 2.75) is 13.5 Å². The molecule has 5 nitrogen and oxygen atoms in total. The summed E-state index contributed by atoms with van der Waals surface area (Å²) in [6.45, 7) is 2.03. The molecule has 0 aliphatic rings. The summed E-state index contributed by atoms with van der Waals surface area (Å²) in [6, 6.07) is 5.64. The molecular weight excluding hydrogens is 266 g/mol. The highest BCUT2D eigenvalue weighted by molar-refractivity contribution is 6.07. The fourth-order valence-electron chi connectivity index (χ4n) is 2.39. The van der Waals surface area contributed by atoms with E-state index in [0.29, 0.717) is 12.1 Å². The Balaban J connectivity index is 2.68. The molecule has 0 saturated carbocycles. The van der Waals surface area contributed by atoms with Gasteiger partial charge < -0.3 is 20.5 Å². The third-order valence-electron chi connectivity index (χ3n) is 3.41. The predicted octanol–water partition coefficient (Wildman–Crippen LogP) is 2.03. The number of carbonyl (C=O) groups excluding carboxylic acids is 2. The molecule has 0 saturated heterocycles. The molecule has 5 heteroatoms. The van der Waals surface area contributed by atoms with Crippen molar-refractivity contribution in [2.24, 2.45) is 5.73 Å². The molecule has 1 aromatic carbocycles. The average Bonchev–Trinajstić information content (AvgIpc) is 2.83. The molecule has 0 radical (unpaired) electrons. The lowest BCUT2D eigenvalue weighted by molar-refractivity contribution is -0.108. The van der Waals surface area contributed by atoms with Crippen LogP contribution in [0.5, 0.6) is 0 Å². The van der Waals surface area contributed by atoms with E-state index in [4.69, 9.17) is 11.1 Å². The third kappa shape index (κ3) is 2.83. The maximum atomic E-state index is 11.8. The monoisotopic (exact) mass is 283 g/mol. The first-order valence-corrected chi connectivity index (χ1v) is 6.60. The molecule has 0 bridgehead atoms. The SMILES string of the molecule is CC(=O)c1cn(CC=O)c2ccc(/C(=C/C=N)CN)cc12. The van der Waals surface area contributed by atoms with Gasteiger partial charge in [0.15, 0.2) is 5.78 Å². The summed E-state index contributed by atoms with van der Waals surface area (Å²) >= 11 is 0. The van der Waals surface area contributed by atoms with Gasteiger partial charge in [0.25, 0.3) is 0 Å². The Kier molecular flexibility index (Phi) is 4.45. The van der Waals surface area contributed by atoms with Crippen molar-refractivity contribution in [1.29, 1.82) is 5.41 Å². The number of Topliss-reactive ketones (excluding diaryl/α,β-unsaturated/α-hetero) is 1. The molecule has 0 aliphatic heterocycles. The first-order valence-electron chi connectivity index (χ1n) is 6.60. The second-order valence-corrected chi connectivity index (χ2v) is 4.71.